The number of fused-ring (bicyclic) bond motifs is 1. The molecule has 6 nitrogen and oxygen atoms in total. The average molecular weight is 295 g/mol. The van der Waals surface area contributed by atoms with Gasteiger partial charge in [-0.2, -0.15) is 4.98 Å². The number of amides is 1. The minimum absolute atomic E-state index is 0.0633. The summed E-state index contributed by atoms with van der Waals surface area (Å²) in [4.78, 5) is 19.5. The number of carbonyl (C=O) groups excluding carboxylic acids is 1. The lowest BCUT2D eigenvalue weighted by Gasteiger charge is -2.00. The van der Waals surface area contributed by atoms with Crippen molar-refractivity contribution in [2.24, 2.45) is 0 Å². The number of hydrogen-bond acceptors (Lipinski definition) is 3. The maximum atomic E-state index is 12.0. The number of anilines is 1. The van der Waals surface area contributed by atoms with E-state index in [1.807, 2.05) is 24.4 Å². The lowest BCUT2D eigenvalue weighted by molar-refractivity contribution is -0.116. The van der Waals surface area contributed by atoms with Gasteiger partial charge in [-0.1, -0.05) is 18.2 Å². The van der Waals surface area contributed by atoms with Gasteiger partial charge in [0.25, 0.3) is 0 Å². The molecule has 1 aliphatic rings. The van der Waals surface area contributed by atoms with Crippen LogP contribution in [-0.4, -0.2) is 26.1 Å². The lowest BCUT2D eigenvalue weighted by atomic mass is 10.1. The number of rotatable bonds is 5. The number of nitrogens with zero attached hydrogens (tertiary/aromatic N) is 2. The quantitative estimate of drug-likeness (QED) is 0.676. The molecule has 0 bridgehead atoms. The predicted molar refractivity (Wildman–Crippen MR) is 83.6 cm³/mol. The Hall–Kier alpha value is -2.63. The van der Waals surface area contributed by atoms with Crippen LogP contribution in [0.3, 0.4) is 0 Å². The third-order valence-electron chi connectivity index (χ3n) is 4.01. The molecule has 0 aliphatic heterocycles. The van der Waals surface area contributed by atoms with Gasteiger partial charge in [0.05, 0.1) is 0 Å². The Labute approximate surface area is 127 Å². The van der Waals surface area contributed by atoms with E-state index in [4.69, 9.17) is 0 Å². The van der Waals surface area contributed by atoms with E-state index in [9.17, 15) is 4.79 Å². The molecule has 0 radical (unpaired) electrons. The maximum absolute atomic E-state index is 12.0. The number of para-hydroxylation sites is 1. The second kappa shape index (κ2) is 5.29. The lowest BCUT2D eigenvalue weighted by Crippen LogP contribution is -2.13. The van der Waals surface area contributed by atoms with Gasteiger partial charge in [0.1, 0.15) is 5.82 Å². The molecule has 0 unspecified atom stereocenters. The van der Waals surface area contributed by atoms with E-state index in [-0.39, 0.29) is 5.91 Å². The van der Waals surface area contributed by atoms with Crippen LogP contribution in [0.25, 0.3) is 10.9 Å². The van der Waals surface area contributed by atoms with Crippen LogP contribution < -0.4 is 5.32 Å². The highest BCUT2D eigenvalue weighted by Gasteiger charge is 2.27. The summed E-state index contributed by atoms with van der Waals surface area (Å²) in [5.74, 6) is 1.70. The van der Waals surface area contributed by atoms with E-state index in [1.165, 1.54) is 5.39 Å². The van der Waals surface area contributed by atoms with Crippen LogP contribution in [0.1, 0.15) is 36.6 Å². The van der Waals surface area contributed by atoms with Crippen LogP contribution in [0.2, 0.25) is 0 Å². The molecule has 2 aromatic heterocycles. The summed E-state index contributed by atoms with van der Waals surface area (Å²) in [6, 6.07) is 8.10. The average Bonchev–Trinajstić information content (AvgIpc) is 3.14. The van der Waals surface area contributed by atoms with E-state index in [1.54, 1.807) is 0 Å². The molecule has 0 spiro atoms. The number of nitrogens with one attached hydrogen (secondary N) is 3. The summed E-state index contributed by atoms with van der Waals surface area (Å²) in [6.45, 7) is 0. The molecule has 3 N–H and O–H groups in total. The number of aryl methyl sites for hydroxylation is 1. The second-order valence-electron chi connectivity index (χ2n) is 5.73. The number of aromatic nitrogens is 4. The van der Waals surface area contributed by atoms with E-state index < -0.39 is 0 Å². The second-order valence-corrected chi connectivity index (χ2v) is 5.73. The molecule has 2 heterocycles. The molecule has 1 fully saturated rings. The number of aromatic amines is 2. The van der Waals surface area contributed by atoms with Gasteiger partial charge < -0.3 is 4.98 Å². The summed E-state index contributed by atoms with van der Waals surface area (Å²) in [5, 5.41) is 10.8. The molecule has 1 amide bonds. The molecular weight excluding hydrogens is 278 g/mol. The van der Waals surface area contributed by atoms with Crippen molar-refractivity contribution in [1.82, 2.24) is 20.2 Å². The van der Waals surface area contributed by atoms with Crippen molar-refractivity contribution in [3.8, 4) is 0 Å². The van der Waals surface area contributed by atoms with Gasteiger partial charge in [-0.15, -0.1) is 5.10 Å². The minimum Gasteiger partial charge on any atom is -0.361 e. The Morgan fingerprint density at radius 2 is 2.18 bits per heavy atom. The van der Waals surface area contributed by atoms with Crippen molar-refractivity contribution >= 4 is 22.8 Å². The smallest absolute Gasteiger partial charge is 0.248 e. The highest BCUT2D eigenvalue weighted by molar-refractivity contribution is 5.90. The van der Waals surface area contributed by atoms with Gasteiger partial charge in [-0.3, -0.25) is 15.2 Å². The Balaban J connectivity index is 1.37. The monoisotopic (exact) mass is 295 g/mol. The Morgan fingerprint density at radius 1 is 1.32 bits per heavy atom. The summed E-state index contributed by atoms with van der Waals surface area (Å²) >= 11 is 0. The van der Waals surface area contributed by atoms with Crippen molar-refractivity contribution in [3.63, 3.8) is 0 Å². The zero-order chi connectivity index (χ0) is 14.9. The first-order valence-electron chi connectivity index (χ1n) is 7.57. The van der Waals surface area contributed by atoms with Gasteiger partial charge in [0.2, 0.25) is 11.9 Å². The highest BCUT2D eigenvalue weighted by Crippen LogP contribution is 2.38. The molecule has 4 rings (SSSR count). The molecule has 3 aromatic rings. The number of benzene rings is 1. The standard InChI is InChI=1S/C16H17N5O/c22-14(18-16-19-15(20-21-16)10-5-6-10)8-7-11-9-17-13-4-2-1-3-12(11)13/h1-4,9-10,17H,5-8H2,(H2,18,19,20,21,22). The zero-order valence-electron chi connectivity index (χ0n) is 12.1. The molecule has 1 saturated carbocycles. The number of hydrogen-bond donors (Lipinski definition) is 3. The molecule has 1 aromatic carbocycles. The summed E-state index contributed by atoms with van der Waals surface area (Å²) in [5.41, 5.74) is 2.25. The predicted octanol–water partition coefficient (Wildman–Crippen LogP) is 2.73. The molecule has 1 aliphatic carbocycles. The van der Waals surface area contributed by atoms with Gasteiger partial charge in [-0.25, -0.2) is 0 Å². The molecule has 6 heteroatoms. The Bertz CT molecular complexity index is 815. The van der Waals surface area contributed by atoms with E-state index in [0.29, 0.717) is 24.7 Å². The van der Waals surface area contributed by atoms with Crippen LogP contribution in [0.4, 0.5) is 5.95 Å². The van der Waals surface area contributed by atoms with Crippen molar-refractivity contribution < 1.29 is 4.79 Å². The van der Waals surface area contributed by atoms with Crippen LogP contribution in [0.15, 0.2) is 30.5 Å². The fourth-order valence-corrected chi connectivity index (χ4v) is 2.64. The Morgan fingerprint density at radius 3 is 3.05 bits per heavy atom. The highest BCUT2D eigenvalue weighted by atomic mass is 16.1. The first-order valence-corrected chi connectivity index (χ1v) is 7.57. The number of carbonyl (C=O) groups is 1. The minimum atomic E-state index is -0.0633. The topological polar surface area (TPSA) is 86.5 Å². The van der Waals surface area contributed by atoms with Gasteiger partial charge in [-0.05, 0) is 30.9 Å². The first kappa shape index (κ1) is 13.1. The Kier molecular flexibility index (Phi) is 3.14. The fraction of sp³-hybridized carbons (Fsp3) is 0.312. The fourth-order valence-electron chi connectivity index (χ4n) is 2.64. The van der Waals surface area contributed by atoms with Crippen molar-refractivity contribution in [2.45, 2.75) is 31.6 Å². The molecule has 0 atom stereocenters. The molecular formula is C16H17N5O. The summed E-state index contributed by atoms with van der Waals surface area (Å²) < 4.78 is 0. The van der Waals surface area contributed by atoms with Gasteiger partial charge in [0.15, 0.2) is 0 Å². The van der Waals surface area contributed by atoms with Crippen molar-refractivity contribution in [2.75, 3.05) is 5.32 Å². The van der Waals surface area contributed by atoms with Crippen LogP contribution in [-0.2, 0) is 11.2 Å². The molecule has 0 saturated heterocycles. The van der Waals surface area contributed by atoms with Crippen LogP contribution in [0.5, 0.6) is 0 Å². The molecule has 22 heavy (non-hydrogen) atoms. The summed E-state index contributed by atoms with van der Waals surface area (Å²) in [7, 11) is 0. The zero-order valence-corrected chi connectivity index (χ0v) is 12.1. The third-order valence-corrected chi connectivity index (χ3v) is 4.01. The largest absolute Gasteiger partial charge is 0.361 e. The van der Waals surface area contributed by atoms with Crippen molar-refractivity contribution in [1.29, 1.82) is 0 Å². The van der Waals surface area contributed by atoms with E-state index >= 15 is 0 Å². The van der Waals surface area contributed by atoms with Gasteiger partial charge in [0, 0.05) is 29.4 Å². The normalized spacial score (nSPS) is 14.4. The molecule has 112 valence electrons. The van der Waals surface area contributed by atoms with E-state index in [0.717, 1.165) is 29.7 Å². The first-order chi connectivity index (χ1) is 10.8. The van der Waals surface area contributed by atoms with Crippen LogP contribution >= 0.6 is 0 Å². The number of H-pyrrole nitrogens is 2. The maximum Gasteiger partial charge on any atom is 0.248 e. The SMILES string of the molecule is O=C(CCc1c[nH]c2ccccc12)Nc1n[nH]c(C2CC2)n1. The van der Waals surface area contributed by atoms with Crippen LogP contribution in [0, 0.1) is 0 Å². The third kappa shape index (κ3) is 2.59. The van der Waals surface area contributed by atoms with E-state index in [2.05, 4.69) is 31.5 Å². The van der Waals surface area contributed by atoms with Crippen molar-refractivity contribution in [3.05, 3.63) is 41.9 Å². The summed E-state index contributed by atoms with van der Waals surface area (Å²) in [6.07, 6.45) is 5.38. The van der Waals surface area contributed by atoms with Gasteiger partial charge >= 0.3 is 0 Å².